The maximum absolute atomic E-state index is 12.4. The minimum absolute atomic E-state index is 0.0359. The number of hydrogen-bond acceptors (Lipinski definition) is 2. The maximum Gasteiger partial charge on any atom is 0.242 e. The van der Waals surface area contributed by atoms with E-state index in [0.29, 0.717) is 17.9 Å². The molecular formula is C21H32N2O2. The van der Waals surface area contributed by atoms with E-state index in [4.69, 9.17) is 0 Å². The molecule has 2 rings (SSSR count). The number of nitrogens with zero attached hydrogens (tertiary/aromatic N) is 1. The number of carbonyl (C=O) groups is 2. The van der Waals surface area contributed by atoms with Crippen molar-refractivity contribution in [2.75, 3.05) is 13.6 Å². The first-order chi connectivity index (χ1) is 11.8. The van der Waals surface area contributed by atoms with Crippen LogP contribution >= 0.6 is 0 Å². The molecule has 4 heteroatoms. The molecule has 2 amide bonds. The molecule has 138 valence electrons. The lowest BCUT2D eigenvalue weighted by Gasteiger charge is -2.36. The second-order valence-electron chi connectivity index (χ2n) is 8.37. The lowest BCUT2D eigenvalue weighted by molar-refractivity contribution is -0.134. The van der Waals surface area contributed by atoms with E-state index < -0.39 is 0 Å². The molecule has 25 heavy (non-hydrogen) atoms. The van der Waals surface area contributed by atoms with Crippen LogP contribution in [0.3, 0.4) is 0 Å². The lowest BCUT2D eigenvalue weighted by Crippen LogP contribution is -2.41. The Kier molecular flexibility index (Phi) is 6.63. The van der Waals surface area contributed by atoms with Crippen LogP contribution in [-0.4, -0.2) is 30.3 Å². The average Bonchev–Trinajstić information content (AvgIpc) is 2.59. The zero-order valence-electron chi connectivity index (χ0n) is 16.0. The van der Waals surface area contributed by atoms with Gasteiger partial charge in [0.1, 0.15) is 0 Å². The van der Waals surface area contributed by atoms with Crippen molar-refractivity contribution in [3.8, 4) is 0 Å². The van der Waals surface area contributed by atoms with E-state index in [2.05, 4.69) is 26.1 Å². The highest BCUT2D eigenvalue weighted by atomic mass is 16.2. The molecule has 0 bridgehead atoms. The summed E-state index contributed by atoms with van der Waals surface area (Å²) in [5, 5.41) is 2.84. The fraction of sp³-hybridized carbons (Fsp3) is 0.619. The van der Waals surface area contributed by atoms with Gasteiger partial charge in [0.05, 0.1) is 6.54 Å². The molecule has 0 unspecified atom stereocenters. The molecule has 1 aliphatic rings. The standard InChI is InChI=1S/C21H32N2O2/c1-21(2,3)18-12-10-17(11-13-18)20(25)22-14-19(24)23(4)15-16-8-6-5-7-9-16/h5-9,17-18H,10-15H2,1-4H3,(H,22,25). The molecule has 0 saturated heterocycles. The zero-order valence-corrected chi connectivity index (χ0v) is 16.0. The highest BCUT2D eigenvalue weighted by molar-refractivity contribution is 5.85. The van der Waals surface area contributed by atoms with Gasteiger partial charge in [-0.3, -0.25) is 9.59 Å². The molecule has 0 heterocycles. The Morgan fingerprint density at radius 3 is 2.24 bits per heavy atom. The number of amides is 2. The van der Waals surface area contributed by atoms with E-state index in [1.807, 2.05) is 30.3 Å². The monoisotopic (exact) mass is 344 g/mol. The Morgan fingerprint density at radius 2 is 1.68 bits per heavy atom. The molecule has 0 spiro atoms. The summed E-state index contributed by atoms with van der Waals surface area (Å²) >= 11 is 0. The average molecular weight is 344 g/mol. The van der Waals surface area contributed by atoms with E-state index in [1.165, 1.54) is 0 Å². The van der Waals surface area contributed by atoms with Crippen LogP contribution in [0.4, 0.5) is 0 Å². The highest BCUT2D eigenvalue weighted by Crippen LogP contribution is 2.39. The van der Waals surface area contributed by atoms with Gasteiger partial charge in [0.15, 0.2) is 0 Å². The van der Waals surface area contributed by atoms with Crippen molar-refractivity contribution in [1.29, 1.82) is 0 Å². The van der Waals surface area contributed by atoms with Crippen LogP contribution < -0.4 is 5.32 Å². The Hall–Kier alpha value is -1.84. The Morgan fingerprint density at radius 1 is 1.08 bits per heavy atom. The number of likely N-dealkylation sites (N-methyl/N-ethyl adjacent to an activating group) is 1. The largest absolute Gasteiger partial charge is 0.347 e. The van der Waals surface area contributed by atoms with Crippen molar-refractivity contribution < 1.29 is 9.59 Å². The number of hydrogen-bond donors (Lipinski definition) is 1. The Balaban J connectivity index is 1.73. The summed E-state index contributed by atoms with van der Waals surface area (Å²) in [4.78, 5) is 26.2. The molecule has 1 saturated carbocycles. The van der Waals surface area contributed by atoms with Gasteiger partial charge in [0, 0.05) is 19.5 Å². The van der Waals surface area contributed by atoms with Crippen LogP contribution in [-0.2, 0) is 16.1 Å². The Bertz CT molecular complexity index is 569. The molecule has 1 aliphatic carbocycles. The van der Waals surface area contributed by atoms with Crippen LogP contribution in [0.15, 0.2) is 30.3 Å². The normalized spacial score (nSPS) is 20.8. The van der Waals surface area contributed by atoms with Crippen molar-refractivity contribution in [3.05, 3.63) is 35.9 Å². The predicted octanol–water partition coefficient (Wildman–Crippen LogP) is 3.61. The van der Waals surface area contributed by atoms with Crippen LogP contribution in [0.1, 0.15) is 52.0 Å². The van der Waals surface area contributed by atoms with Gasteiger partial charge in [0.25, 0.3) is 0 Å². The van der Waals surface area contributed by atoms with E-state index in [-0.39, 0.29) is 24.3 Å². The minimum Gasteiger partial charge on any atom is -0.347 e. The summed E-state index contributed by atoms with van der Waals surface area (Å²) < 4.78 is 0. The van der Waals surface area contributed by atoms with Gasteiger partial charge in [-0.1, -0.05) is 51.1 Å². The maximum atomic E-state index is 12.4. The summed E-state index contributed by atoms with van der Waals surface area (Å²) in [6, 6.07) is 9.87. The summed E-state index contributed by atoms with van der Waals surface area (Å²) in [5.41, 5.74) is 1.41. The number of nitrogens with one attached hydrogen (secondary N) is 1. The van der Waals surface area contributed by atoms with Crippen LogP contribution in [0.5, 0.6) is 0 Å². The summed E-state index contributed by atoms with van der Waals surface area (Å²) in [7, 11) is 1.77. The van der Waals surface area contributed by atoms with Gasteiger partial charge < -0.3 is 10.2 Å². The third-order valence-electron chi connectivity index (χ3n) is 5.42. The SMILES string of the molecule is CN(Cc1ccccc1)C(=O)CNC(=O)C1CCC(C(C)(C)C)CC1. The number of rotatable bonds is 5. The zero-order chi connectivity index (χ0) is 18.4. The van der Waals surface area contributed by atoms with E-state index in [1.54, 1.807) is 11.9 Å². The summed E-state index contributed by atoms with van der Waals surface area (Å²) in [6.45, 7) is 7.48. The van der Waals surface area contributed by atoms with Crippen molar-refractivity contribution in [2.45, 2.75) is 53.0 Å². The fourth-order valence-electron chi connectivity index (χ4n) is 3.61. The van der Waals surface area contributed by atoms with E-state index in [0.717, 1.165) is 31.2 Å². The minimum atomic E-state index is -0.0550. The van der Waals surface area contributed by atoms with Crippen molar-refractivity contribution in [3.63, 3.8) is 0 Å². The van der Waals surface area contributed by atoms with Gasteiger partial charge in [-0.15, -0.1) is 0 Å². The van der Waals surface area contributed by atoms with Crippen LogP contribution in [0, 0.1) is 17.3 Å². The number of benzene rings is 1. The van der Waals surface area contributed by atoms with E-state index >= 15 is 0 Å². The molecule has 0 aliphatic heterocycles. The van der Waals surface area contributed by atoms with Gasteiger partial charge in [-0.25, -0.2) is 0 Å². The molecule has 1 fully saturated rings. The molecule has 1 N–H and O–H groups in total. The second kappa shape index (κ2) is 8.50. The molecule has 1 aromatic carbocycles. The van der Waals surface area contributed by atoms with Gasteiger partial charge in [-0.2, -0.15) is 0 Å². The van der Waals surface area contributed by atoms with Crippen molar-refractivity contribution >= 4 is 11.8 Å². The molecular weight excluding hydrogens is 312 g/mol. The third-order valence-corrected chi connectivity index (χ3v) is 5.42. The first kappa shape index (κ1) is 19.5. The summed E-state index contributed by atoms with van der Waals surface area (Å²) in [5.74, 6) is 0.732. The third kappa shape index (κ3) is 5.87. The topological polar surface area (TPSA) is 49.4 Å². The summed E-state index contributed by atoms with van der Waals surface area (Å²) in [6.07, 6.45) is 4.07. The quantitative estimate of drug-likeness (QED) is 0.887. The lowest BCUT2D eigenvalue weighted by atomic mass is 9.70. The van der Waals surface area contributed by atoms with Gasteiger partial charge in [-0.05, 0) is 42.6 Å². The van der Waals surface area contributed by atoms with Crippen LogP contribution in [0.2, 0.25) is 0 Å². The molecule has 0 radical (unpaired) electrons. The van der Waals surface area contributed by atoms with Crippen LogP contribution in [0.25, 0.3) is 0 Å². The molecule has 0 aromatic heterocycles. The molecule has 1 aromatic rings. The predicted molar refractivity (Wildman–Crippen MR) is 101 cm³/mol. The highest BCUT2D eigenvalue weighted by Gasteiger charge is 2.32. The van der Waals surface area contributed by atoms with Crippen molar-refractivity contribution in [1.82, 2.24) is 10.2 Å². The first-order valence-corrected chi connectivity index (χ1v) is 9.33. The molecule has 4 nitrogen and oxygen atoms in total. The Labute approximate surface area is 152 Å². The molecule has 0 atom stereocenters. The number of carbonyl (C=O) groups excluding carboxylic acids is 2. The first-order valence-electron chi connectivity index (χ1n) is 9.33. The van der Waals surface area contributed by atoms with Gasteiger partial charge in [0.2, 0.25) is 11.8 Å². The van der Waals surface area contributed by atoms with Crippen molar-refractivity contribution in [2.24, 2.45) is 17.3 Å². The fourth-order valence-corrected chi connectivity index (χ4v) is 3.61. The van der Waals surface area contributed by atoms with E-state index in [9.17, 15) is 9.59 Å². The smallest absolute Gasteiger partial charge is 0.242 e. The van der Waals surface area contributed by atoms with Gasteiger partial charge >= 0.3 is 0 Å². The second-order valence-corrected chi connectivity index (χ2v) is 8.37.